The van der Waals surface area contributed by atoms with Gasteiger partial charge < -0.3 is 14.5 Å². The van der Waals surface area contributed by atoms with Gasteiger partial charge in [0.2, 0.25) is 0 Å². The first-order valence-electron chi connectivity index (χ1n) is 6.55. The van der Waals surface area contributed by atoms with Gasteiger partial charge in [0.15, 0.2) is 0 Å². The molecule has 0 spiro atoms. The molecule has 5 heteroatoms. The number of rotatable bonds is 5. The van der Waals surface area contributed by atoms with Gasteiger partial charge in [-0.3, -0.25) is 4.98 Å². The average molecular weight is 281 g/mol. The van der Waals surface area contributed by atoms with Crippen LogP contribution in [0.25, 0.3) is 11.1 Å². The second kappa shape index (κ2) is 6.09. The summed E-state index contributed by atoms with van der Waals surface area (Å²) in [7, 11) is 1.63. The van der Waals surface area contributed by atoms with Gasteiger partial charge in [-0.25, -0.2) is 4.98 Å². The molecule has 0 saturated carbocycles. The van der Waals surface area contributed by atoms with Crippen LogP contribution in [0.2, 0.25) is 0 Å². The van der Waals surface area contributed by atoms with Gasteiger partial charge in [-0.2, -0.15) is 0 Å². The van der Waals surface area contributed by atoms with Crippen molar-refractivity contribution in [3.63, 3.8) is 0 Å². The third-order valence-electron chi connectivity index (χ3n) is 3.08. The Hall–Kier alpha value is -2.82. The Bertz CT molecular complexity index is 711. The molecule has 3 rings (SSSR count). The maximum absolute atomic E-state index is 5.87. The first-order chi connectivity index (χ1) is 10.4. The van der Waals surface area contributed by atoms with E-state index in [0.717, 1.165) is 28.3 Å². The van der Waals surface area contributed by atoms with Crippen molar-refractivity contribution in [3.05, 3.63) is 60.9 Å². The van der Waals surface area contributed by atoms with E-state index in [1.165, 1.54) is 0 Å². The molecule has 106 valence electrons. The lowest BCUT2D eigenvalue weighted by molar-refractivity contribution is 0.303. The Balaban J connectivity index is 1.88. The second-order valence-corrected chi connectivity index (χ2v) is 4.48. The molecule has 3 aromatic rings. The Morgan fingerprint density at radius 3 is 2.81 bits per heavy atom. The molecule has 0 aliphatic rings. The van der Waals surface area contributed by atoms with Gasteiger partial charge in [0.1, 0.15) is 18.1 Å². The average Bonchev–Trinajstić information content (AvgIpc) is 3.07. The van der Waals surface area contributed by atoms with Gasteiger partial charge >= 0.3 is 0 Å². The van der Waals surface area contributed by atoms with E-state index < -0.39 is 0 Å². The summed E-state index contributed by atoms with van der Waals surface area (Å²) in [4.78, 5) is 11.2. The molecule has 0 unspecified atom stereocenters. The van der Waals surface area contributed by atoms with E-state index in [2.05, 4.69) is 15.0 Å². The molecule has 0 aliphatic carbocycles. The normalized spacial score (nSPS) is 10.3. The van der Waals surface area contributed by atoms with Crippen molar-refractivity contribution in [2.24, 2.45) is 0 Å². The Morgan fingerprint density at radius 1 is 1.10 bits per heavy atom. The Labute approximate surface area is 122 Å². The number of para-hydroxylation sites is 1. The van der Waals surface area contributed by atoms with Crippen molar-refractivity contribution < 1.29 is 9.47 Å². The highest BCUT2D eigenvalue weighted by Gasteiger charge is 2.08. The van der Waals surface area contributed by atoms with E-state index in [0.29, 0.717) is 6.61 Å². The summed E-state index contributed by atoms with van der Waals surface area (Å²) < 4.78 is 11.1. The van der Waals surface area contributed by atoms with Gasteiger partial charge in [0.05, 0.1) is 31.5 Å². The predicted octanol–water partition coefficient (Wildman–Crippen LogP) is 3.06. The van der Waals surface area contributed by atoms with Crippen molar-refractivity contribution in [3.8, 4) is 22.6 Å². The third kappa shape index (κ3) is 3.02. The fourth-order valence-electron chi connectivity index (χ4n) is 2.03. The quantitative estimate of drug-likeness (QED) is 0.780. The molecule has 2 heterocycles. The van der Waals surface area contributed by atoms with Crippen molar-refractivity contribution in [1.29, 1.82) is 0 Å². The van der Waals surface area contributed by atoms with Crippen molar-refractivity contribution in [1.82, 2.24) is 15.0 Å². The van der Waals surface area contributed by atoms with Crippen LogP contribution < -0.4 is 9.47 Å². The van der Waals surface area contributed by atoms with Crippen molar-refractivity contribution in [2.45, 2.75) is 6.61 Å². The summed E-state index contributed by atoms with van der Waals surface area (Å²) >= 11 is 0. The molecule has 0 amide bonds. The number of methoxy groups -OCH3 is 1. The molecule has 2 aromatic heterocycles. The Kier molecular flexibility index (Phi) is 3.82. The van der Waals surface area contributed by atoms with E-state index in [1.807, 2.05) is 30.3 Å². The van der Waals surface area contributed by atoms with Crippen LogP contribution in [-0.2, 0) is 6.61 Å². The number of aromatic nitrogens is 3. The number of ether oxygens (including phenoxy) is 2. The van der Waals surface area contributed by atoms with Crippen molar-refractivity contribution in [2.75, 3.05) is 7.11 Å². The standard InChI is InChI=1S/C16H15N3O2/c1-20-14-6-12(7-17-9-14)15-4-2-3-5-16(15)21-10-13-8-18-11-19-13/h2-9,11H,10H2,1H3,(H,18,19). The van der Waals surface area contributed by atoms with E-state index in [1.54, 1.807) is 32.0 Å². The lowest BCUT2D eigenvalue weighted by atomic mass is 10.1. The summed E-state index contributed by atoms with van der Waals surface area (Å²) in [6.07, 6.45) is 6.85. The zero-order valence-electron chi connectivity index (χ0n) is 11.6. The maximum atomic E-state index is 5.87. The molecule has 0 fully saturated rings. The number of pyridine rings is 1. The Morgan fingerprint density at radius 2 is 2.00 bits per heavy atom. The van der Waals surface area contributed by atoms with Crippen LogP contribution in [0.15, 0.2) is 55.2 Å². The zero-order valence-corrected chi connectivity index (χ0v) is 11.6. The first-order valence-corrected chi connectivity index (χ1v) is 6.55. The highest BCUT2D eigenvalue weighted by Crippen LogP contribution is 2.31. The highest BCUT2D eigenvalue weighted by molar-refractivity contribution is 5.70. The van der Waals surface area contributed by atoms with Gasteiger partial charge in [-0.1, -0.05) is 18.2 Å². The second-order valence-electron chi connectivity index (χ2n) is 4.48. The van der Waals surface area contributed by atoms with E-state index >= 15 is 0 Å². The molecule has 5 nitrogen and oxygen atoms in total. The smallest absolute Gasteiger partial charge is 0.137 e. The summed E-state index contributed by atoms with van der Waals surface area (Å²) in [6.45, 7) is 0.439. The van der Waals surface area contributed by atoms with Gasteiger partial charge in [-0.05, 0) is 12.1 Å². The molecule has 0 aliphatic heterocycles. The number of benzene rings is 1. The monoisotopic (exact) mass is 281 g/mol. The minimum absolute atomic E-state index is 0.439. The van der Waals surface area contributed by atoms with E-state index in [4.69, 9.17) is 9.47 Å². The van der Waals surface area contributed by atoms with Crippen LogP contribution in [0.4, 0.5) is 0 Å². The van der Waals surface area contributed by atoms with Crippen molar-refractivity contribution >= 4 is 0 Å². The molecule has 0 bridgehead atoms. The van der Waals surface area contributed by atoms with Crippen LogP contribution >= 0.6 is 0 Å². The number of H-pyrrole nitrogens is 1. The summed E-state index contributed by atoms with van der Waals surface area (Å²) in [5, 5.41) is 0. The molecular formula is C16H15N3O2. The molecule has 0 atom stereocenters. The predicted molar refractivity (Wildman–Crippen MR) is 79.1 cm³/mol. The lowest BCUT2D eigenvalue weighted by Crippen LogP contribution is -1.97. The number of hydrogen-bond donors (Lipinski definition) is 1. The minimum Gasteiger partial charge on any atom is -0.495 e. The zero-order chi connectivity index (χ0) is 14.5. The molecule has 0 saturated heterocycles. The van der Waals surface area contributed by atoms with Crippen LogP contribution in [0, 0.1) is 0 Å². The topological polar surface area (TPSA) is 60.0 Å². The number of aromatic amines is 1. The summed E-state index contributed by atoms with van der Waals surface area (Å²) in [6, 6.07) is 9.78. The van der Waals surface area contributed by atoms with Crippen LogP contribution in [0.1, 0.15) is 5.69 Å². The van der Waals surface area contributed by atoms with Crippen LogP contribution in [0.5, 0.6) is 11.5 Å². The van der Waals surface area contributed by atoms with Gasteiger partial charge in [0, 0.05) is 17.3 Å². The highest BCUT2D eigenvalue weighted by atomic mass is 16.5. The maximum Gasteiger partial charge on any atom is 0.137 e. The van der Waals surface area contributed by atoms with E-state index in [9.17, 15) is 0 Å². The van der Waals surface area contributed by atoms with Crippen LogP contribution in [-0.4, -0.2) is 22.1 Å². The molecule has 1 N–H and O–H groups in total. The molecule has 0 radical (unpaired) electrons. The molecule has 1 aromatic carbocycles. The summed E-state index contributed by atoms with van der Waals surface area (Å²) in [5.74, 6) is 1.51. The number of hydrogen-bond acceptors (Lipinski definition) is 4. The number of imidazole rings is 1. The fourth-order valence-corrected chi connectivity index (χ4v) is 2.03. The van der Waals surface area contributed by atoms with Crippen LogP contribution in [0.3, 0.4) is 0 Å². The summed E-state index contributed by atoms with van der Waals surface area (Å²) in [5.41, 5.74) is 2.85. The molecular weight excluding hydrogens is 266 g/mol. The molecule has 21 heavy (non-hydrogen) atoms. The fraction of sp³-hybridized carbons (Fsp3) is 0.125. The largest absolute Gasteiger partial charge is 0.495 e. The van der Waals surface area contributed by atoms with Gasteiger partial charge in [0.25, 0.3) is 0 Å². The third-order valence-corrected chi connectivity index (χ3v) is 3.08. The lowest BCUT2D eigenvalue weighted by Gasteiger charge is -2.11. The number of nitrogens with one attached hydrogen (secondary N) is 1. The number of nitrogens with zero attached hydrogens (tertiary/aromatic N) is 2. The van der Waals surface area contributed by atoms with E-state index in [-0.39, 0.29) is 0 Å². The minimum atomic E-state index is 0.439. The van der Waals surface area contributed by atoms with Gasteiger partial charge in [-0.15, -0.1) is 0 Å². The SMILES string of the molecule is COc1cncc(-c2ccccc2OCc2cnc[nH]2)c1. The first kappa shape index (κ1) is 13.2.